The number of benzene rings is 1. The number of hydrogen-bond donors (Lipinski definition) is 2. The van der Waals surface area contributed by atoms with Crippen LogP contribution >= 0.6 is 11.8 Å². The molecule has 0 saturated heterocycles. The molecule has 0 spiro atoms. The molecule has 1 unspecified atom stereocenters. The monoisotopic (exact) mass is 289 g/mol. The molecule has 0 radical (unpaired) electrons. The minimum Gasteiger partial charge on any atom is -0.399 e. The second-order valence-electron chi connectivity index (χ2n) is 4.80. The van der Waals surface area contributed by atoms with Crippen molar-refractivity contribution in [1.82, 2.24) is 9.97 Å². The summed E-state index contributed by atoms with van der Waals surface area (Å²) in [4.78, 5) is 8.87. The summed E-state index contributed by atoms with van der Waals surface area (Å²) in [5, 5.41) is 10.9. The van der Waals surface area contributed by atoms with E-state index < -0.39 is 6.10 Å². The largest absolute Gasteiger partial charge is 0.399 e. The van der Waals surface area contributed by atoms with Crippen LogP contribution in [0.3, 0.4) is 0 Å². The fourth-order valence-corrected chi connectivity index (χ4v) is 2.68. The van der Waals surface area contributed by atoms with E-state index in [1.54, 1.807) is 12.1 Å². The van der Waals surface area contributed by atoms with Gasteiger partial charge in [-0.3, -0.25) is 0 Å². The van der Waals surface area contributed by atoms with E-state index in [-0.39, 0.29) is 0 Å². The number of nitrogens with zero attached hydrogens (tertiary/aromatic N) is 2. The highest BCUT2D eigenvalue weighted by atomic mass is 32.2. The molecule has 5 heteroatoms. The van der Waals surface area contributed by atoms with Crippen LogP contribution in [0, 0.1) is 20.8 Å². The van der Waals surface area contributed by atoms with Gasteiger partial charge in [0, 0.05) is 22.8 Å². The fourth-order valence-electron chi connectivity index (χ4n) is 1.77. The van der Waals surface area contributed by atoms with Gasteiger partial charge in [0.15, 0.2) is 5.16 Å². The van der Waals surface area contributed by atoms with Crippen molar-refractivity contribution in [2.24, 2.45) is 0 Å². The van der Waals surface area contributed by atoms with Gasteiger partial charge in [0.1, 0.15) is 0 Å². The van der Waals surface area contributed by atoms with Crippen LogP contribution in [0.1, 0.15) is 28.6 Å². The van der Waals surface area contributed by atoms with Crippen LogP contribution < -0.4 is 5.73 Å². The van der Waals surface area contributed by atoms with Crippen molar-refractivity contribution in [3.8, 4) is 0 Å². The number of hydrogen-bond acceptors (Lipinski definition) is 5. The van der Waals surface area contributed by atoms with Gasteiger partial charge in [0.2, 0.25) is 0 Å². The first-order valence-electron chi connectivity index (χ1n) is 6.45. The molecule has 4 nitrogen and oxygen atoms in total. The van der Waals surface area contributed by atoms with Gasteiger partial charge < -0.3 is 10.8 Å². The van der Waals surface area contributed by atoms with E-state index in [1.165, 1.54) is 11.8 Å². The average molecular weight is 289 g/mol. The molecule has 20 heavy (non-hydrogen) atoms. The summed E-state index contributed by atoms with van der Waals surface area (Å²) < 4.78 is 0. The van der Waals surface area contributed by atoms with Crippen LogP contribution in [0.5, 0.6) is 0 Å². The lowest BCUT2D eigenvalue weighted by Crippen LogP contribution is -2.03. The highest BCUT2D eigenvalue weighted by Gasteiger charge is 2.11. The van der Waals surface area contributed by atoms with E-state index in [4.69, 9.17) is 5.73 Å². The zero-order valence-electron chi connectivity index (χ0n) is 11.9. The Bertz CT molecular complexity index is 576. The number of rotatable bonds is 4. The van der Waals surface area contributed by atoms with Crippen LogP contribution in [0.25, 0.3) is 0 Å². The van der Waals surface area contributed by atoms with E-state index in [0.29, 0.717) is 16.6 Å². The fraction of sp³-hybridized carbons (Fsp3) is 0.333. The number of aromatic nitrogens is 2. The van der Waals surface area contributed by atoms with Crippen molar-refractivity contribution in [2.75, 3.05) is 11.5 Å². The number of anilines is 1. The second kappa shape index (κ2) is 6.24. The van der Waals surface area contributed by atoms with E-state index in [1.807, 2.05) is 32.9 Å². The molecule has 2 rings (SSSR count). The Kier molecular flexibility index (Phi) is 4.62. The summed E-state index contributed by atoms with van der Waals surface area (Å²) in [7, 11) is 0. The molecule has 0 bridgehead atoms. The van der Waals surface area contributed by atoms with Crippen LogP contribution in [0.15, 0.2) is 29.4 Å². The normalized spacial score (nSPS) is 12.4. The third-order valence-corrected chi connectivity index (χ3v) is 4.23. The highest BCUT2D eigenvalue weighted by Crippen LogP contribution is 2.24. The number of aliphatic hydroxyl groups excluding tert-OH is 1. The third kappa shape index (κ3) is 3.49. The molecule has 0 aliphatic carbocycles. The first kappa shape index (κ1) is 14.8. The van der Waals surface area contributed by atoms with E-state index >= 15 is 0 Å². The minimum atomic E-state index is -0.550. The van der Waals surface area contributed by atoms with Gasteiger partial charge in [-0.1, -0.05) is 23.9 Å². The maximum absolute atomic E-state index is 10.1. The SMILES string of the molecule is Cc1nc(SCC(O)c2ccc(N)cc2)nc(C)c1C. The number of aliphatic hydroxyl groups is 1. The number of nitrogens with two attached hydrogens (primary N) is 1. The zero-order chi connectivity index (χ0) is 14.7. The van der Waals surface area contributed by atoms with E-state index in [2.05, 4.69) is 9.97 Å². The molecule has 3 N–H and O–H groups in total. The summed E-state index contributed by atoms with van der Waals surface area (Å²) >= 11 is 1.46. The third-order valence-electron chi connectivity index (χ3n) is 3.30. The Labute approximate surface area is 123 Å². The zero-order valence-corrected chi connectivity index (χ0v) is 12.7. The van der Waals surface area contributed by atoms with Crippen molar-refractivity contribution < 1.29 is 5.11 Å². The topological polar surface area (TPSA) is 72.0 Å². The van der Waals surface area contributed by atoms with Gasteiger partial charge in [-0.05, 0) is 44.0 Å². The predicted octanol–water partition coefficient (Wildman–Crippen LogP) is 2.81. The Morgan fingerprint density at radius 3 is 2.20 bits per heavy atom. The summed E-state index contributed by atoms with van der Waals surface area (Å²) in [5.74, 6) is 0.520. The molecule has 1 atom stereocenters. The quantitative estimate of drug-likeness (QED) is 0.514. The van der Waals surface area contributed by atoms with Crippen LogP contribution in [-0.2, 0) is 0 Å². The van der Waals surface area contributed by atoms with Crippen molar-refractivity contribution in [3.63, 3.8) is 0 Å². The first-order chi connectivity index (χ1) is 9.47. The predicted molar refractivity (Wildman–Crippen MR) is 82.8 cm³/mol. The molecule has 0 aliphatic heterocycles. The molecule has 0 amide bonds. The first-order valence-corrected chi connectivity index (χ1v) is 7.44. The summed E-state index contributed by atoms with van der Waals surface area (Å²) in [5.41, 5.74) is 10.3. The molecule has 2 aromatic rings. The highest BCUT2D eigenvalue weighted by molar-refractivity contribution is 7.99. The van der Waals surface area contributed by atoms with Gasteiger partial charge in [0.05, 0.1) is 6.10 Å². The number of nitrogen functional groups attached to an aromatic ring is 1. The Morgan fingerprint density at radius 2 is 1.65 bits per heavy atom. The van der Waals surface area contributed by atoms with Gasteiger partial charge >= 0.3 is 0 Å². The van der Waals surface area contributed by atoms with Crippen LogP contribution in [-0.4, -0.2) is 20.8 Å². The van der Waals surface area contributed by atoms with Crippen LogP contribution in [0.4, 0.5) is 5.69 Å². The molecule has 106 valence electrons. The van der Waals surface area contributed by atoms with Gasteiger partial charge in [-0.25, -0.2) is 9.97 Å². The Balaban J connectivity index is 2.03. The maximum Gasteiger partial charge on any atom is 0.188 e. The molecule has 1 aromatic carbocycles. The Morgan fingerprint density at radius 1 is 1.10 bits per heavy atom. The van der Waals surface area contributed by atoms with Gasteiger partial charge in [-0.2, -0.15) is 0 Å². The molecule has 1 heterocycles. The van der Waals surface area contributed by atoms with Gasteiger partial charge in [-0.15, -0.1) is 0 Å². The lowest BCUT2D eigenvalue weighted by Gasteiger charge is -2.11. The van der Waals surface area contributed by atoms with Crippen molar-refractivity contribution >= 4 is 17.4 Å². The van der Waals surface area contributed by atoms with Crippen molar-refractivity contribution in [2.45, 2.75) is 32.0 Å². The Hall–Kier alpha value is -1.59. The summed E-state index contributed by atoms with van der Waals surface area (Å²) in [6, 6.07) is 7.26. The molecule has 1 aromatic heterocycles. The maximum atomic E-state index is 10.1. The van der Waals surface area contributed by atoms with Gasteiger partial charge in [0.25, 0.3) is 0 Å². The molecule has 0 aliphatic rings. The minimum absolute atomic E-state index is 0.520. The van der Waals surface area contributed by atoms with Crippen molar-refractivity contribution in [1.29, 1.82) is 0 Å². The average Bonchev–Trinajstić information content (AvgIpc) is 2.42. The molecule has 0 fully saturated rings. The van der Waals surface area contributed by atoms with E-state index in [9.17, 15) is 5.11 Å². The lowest BCUT2D eigenvalue weighted by atomic mass is 10.1. The summed E-state index contributed by atoms with van der Waals surface area (Å²) in [6.07, 6.45) is -0.550. The number of thioether (sulfide) groups is 1. The molecular formula is C15H19N3OS. The smallest absolute Gasteiger partial charge is 0.188 e. The van der Waals surface area contributed by atoms with E-state index in [0.717, 1.165) is 22.5 Å². The van der Waals surface area contributed by atoms with Crippen LogP contribution in [0.2, 0.25) is 0 Å². The summed E-state index contributed by atoms with van der Waals surface area (Å²) in [6.45, 7) is 5.97. The second-order valence-corrected chi connectivity index (χ2v) is 5.78. The standard InChI is InChI=1S/C15H19N3OS/c1-9-10(2)17-15(18-11(9)3)20-8-14(19)12-4-6-13(16)7-5-12/h4-7,14,19H,8,16H2,1-3H3. The molecule has 0 saturated carbocycles. The van der Waals surface area contributed by atoms with Crippen molar-refractivity contribution in [3.05, 3.63) is 46.8 Å². The number of aryl methyl sites for hydroxylation is 2. The lowest BCUT2D eigenvalue weighted by molar-refractivity contribution is 0.204. The molecular weight excluding hydrogens is 270 g/mol.